The third-order valence-corrected chi connectivity index (χ3v) is 4.30. The van der Waals surface area contributed by atoms with Crippen LogP contribution in [0.3, 0.4) is 0 Å². The van der Waals surface area contributed by atoms with Crippen LogP contribution in [0, 0.1) is 5.92 Å². The summed E-state index contributed by atoms with van der Waals surface area (Å²) in [5.74, 6) is -1.10. The quantitative estimate of drug-likeness (QED) is 0.848. The summed E-state index contributed by atoms with van der Waals surface area (Å²) in [6, 6.07) is 9.32. The number of allylic oxidation sites excluding steroid dienone is 1. The molecule has 0 unspecified atom stereocenters. The monoisotopic (exact) mass is 317 g/mol. The Labute approximate surface area is 136 Å². The second-order valence-corrected chi connectivity index (χ2v) is 5.89. The molecule has 1 aliphatic heterocycles. The fourth-order valence-electron chi connectivity index (χ4n) is 2.69. The minimum atomic E-state index is -0.904. The predicted molar refractivity (Wildman–Crippen MR) is 86.7 cm³/mol. The van der Waals surface area contributed by atoms with E-state index >= 15 is 0 Å². The maximum absolute atomic E-state index is 12.7. The zero-order valence-corrected chi connectivity index (χ0v) is 13.7. The van der Waals surface area contributed by atoms with Crippen molar-refractivity contribution in [2.24, 2.45) is 5.92 Å². The second kappa shape index (κ2) is 7.42. The van der Waals surface area contributed by atoms with Crippen LogP contribution in [0.25, 0.3) is 0 Å². The van der Waals surface area contributed by atoms with Gasteiger partial charge in [0.1, 0.15) is 6.61 Å². The van der Waals surface area contributed by atoms with Gasteiger partial charge in [0, 0.05) is 0 Å². The van der Waals surface area contributed by atoms with Crippen LogP contribution in [0.1, 0.15) is 26.3 Å². The Bertz CT molecular complexity index is 596. The van der Waals surface area contributed by atoms with Crippen molar-refractivity contribution in [2.45, 2.75) is 39.3 Å². The number of nitrogens with zero attached hydrogens (tertiary/aromatic N) is 1. The largest absolute Gasteiger partial charge is 0.447 e. The summed E-state index contributed by atoms with van der Waals surface area (Å²) in [5, 5.41) is 10.2. The Morgan fingerprint density at radius 3 is 2.70 bits per heavy atom. The molecule has 124 valence electrons. The number of aliphatic hydroxyl groups excluding tert-OH is 1. The molecule has 5 heteroatoms. The van der Waals surface area contributed by atoms with Crippen LogP contribution in [-0.2, 0) is 16.0 Å². The van der Waals surface area contributed by atoms with Crippen LogP contribution in [0.5, 0.6) is 0 Å². The maximum atomic E-state index is 12.7. The predicted octanol–water partition coefficient (Wildman–Crippen LogP) is 2.54. The topological polar surface area (TPSA) is 66.8 Å². The van der Waals surface area contributed by atoms with Gasteiger partial charge in [-0.05, 0) is 31.4 Å². The van der Waals surface area contributed by atoms with Crippen LogP contribution >= 0.6 is 0 Å². The molecule has 2 amide bonds. The molecule has 1 saturated heterocycles. The Morgan fingerprint density at radius 2 is 2.09 bits per heavy atom. The minimum Gasteiger partial charge on any atom is -0.447 e. The summed E-state index contributed by atoms with van der Waals surface area (Å²) < 4.78 is 5.06. The lowest BCUT2D eigenvalue weighted by atomic mass is 9.96. The molecule has 1 fully saturated rings. The normalized spacial score (nSPS) is 21.0. The number of aliphatic hydroxyl groups is 1. The molecule has 1 heterocycles. The van der Waals surface area contributed by atoms with Gasteiger partial charge in [0.2, 0.25) is 5.91 Å². The third-order valence-electron chi connectivity index (χ3n) is 4.30. The van der Waals surface area contributed by atoms with Crippen LogP contribution in [-0.4, -0.2) is 40.8 Å². The van der Waals surface area contributed by atoms with E-state index in [1.165, 1.54) is 0 Å². The molecule has 1 aliphatic rings. The molecule has 0 saturated carbocycles. The lowest BCUT2D eigenvalue weighted by Crippen LogP contribution is -2.45. The van der Waals surface area contributed by atoms with E-state index in [1.807, 2.05) is 30.3 Å². The second-order valence-electron chi connectivity index (χ2n) is 5.89. The summed E-state index contributed by atoms with van der Waals surface area (Å²) in [4.78, 5) is 25.8. The van der Waals surface area contributed by atoms with Crippen molar-refractivity contribution in [2.75, 3.05) is 6.61 Å². The molecule has 0 spiro atoms. The van der Waals surface area contributed by atoms with E-state index in [0.29, 0.717) is 12.0 Å². The number of amides is 2. The average molecular weight is 317 g/mol. The van der Waals surface area contributed by atoms with Crippen molar-refractivity contribution in [3.63, 3.8) is 0 Å². The molecule has 1 aromatic carbocycles. The van der Waals surface area contributed by atoms with Crippen molar-refractivity contribution in [1.29, 1.82) is 0 Å². The lowest BCUT2D eigenvalue weighted by Gasteiger charge is -2.26. The molecule has 1 aromatic rings. The Hall–Kier alpha value is -2.14. The lowest BCUT2D eigenvalue weighted by molar-refractivity contribution is -0.135. The maximum Gasteiger partial charge on any atom is 0.416 e. The van der Waals surface area contributed by atoms with Crippen molar-refractivity contribution in [3.8, 4) is 0 Å². The van der Waals surface area contributed by atoms with Gasteiger partial charge in [-0.15, -0.1) is 0 Å². The van der Waals surface area contributed by atoms with Gasteiger partial charge < -0.3 is 9.84 Å². The molecule has 0 aliphatic carbocycles. The first kappa shape index (κ1) is 17.2. The molecule has 0 bridgehead atoms. The standard InChI is InChI=1S/C18H23NO4/c1-4-12(2)16(20)13(3)17(21)19-15(11-23-18(19)22)10-14-8-6-5-7-9-14/h4-9,13,15-16,20H,10-11H2,1-3H3/b12-4+/t13-,15+,16-/m0/s1. The number of carbonyl (C=O) groups is 2. The molecule has 0 aromatic heterocycles. The Morgan fingerprint density at radius 1 is 1.43 bits per heavy atom. The highest BCUT2D eigenvalue weighted by atomic mass is 16.6. The average Bonchev–Trinajstić information content (AvgIpc) is 2.93. The fourth-order valence-corrected chi connectivity index (χ4v) is 2.69. The van der Waals surface area contributed by atoms with Crippen LogP contribution in [0.15, 0.2) is 42.0 Å². The molecule has 2 rings (SSSR count). The smallest absolute Gasteiger partial charge is 0.416 e. The van der Waals surface area contributed by atoms with Gasteiger partial charge in [-0.1, -0.05) is 43.3 Å². The molecule has 5 nitrogen and oxygen atoms in total. The summed E-state index contributed by atoms with van der Waals surface area (Å²) in [6.07, 6.45) is 0.772. The van der Waals surface area contributed by atoms with Crippen LogP contribution < -0.4 is 0 Å². The Balaban J connectivity index is 2.14. The molecule has 1 N–H and O–H groups in total. The first-order valence-corrected chi connectivity index (χ1v) is 7.80. The summed E-state index contributed by atoms with van der Waals surface area (Å²) >= 11 is 0. The van der Waals surface area contributed by atoms with Crippen LogP contribution in [0.2, 0.25) is 0 Å². The van der Waals surface area contributed by atoms with Gasteiger partial charge in [0.05, 0.1) is 18.1 Å². The van der Waals surface area contributed by atoms with E-state index in [9.17, 15) is 14.7 Å². The number of hydrogen-bond acceptors (Lipinski definition) is 4. The first-order chi connectivity index (χ1) is 11.0. The van der Waals surface area contributed by atoms with E-state index < -0.39 is 24.0 Å². The van der Waals surface area contributed by atoms with Crippen LogP contribution in [0.4, 0.5) is 4.79 Å². The number of ether oxygens (including phenoxy) is 1. The number of benzene rings is 1. The highest BCUT2D eigenvalue weighted by molar-refractivity contribution is 5.95. The SMILES string of the molecule is C/C=C(\C)[C@H](O)[C@H](C)C(=O)N1C(=O)OC[C@H]1Cc1ccccc1. The highest BCUT2D eigenvalue weighted by Gasteiger charge is 2.41. The van der Waals surface area contributed by atoms with E-state index in [-0.39, 0.29) is 12.6 Å². The third kappa shape index (κ3) is 3.79. The van der Waals surface area contributed by atoms with E-state index in [1.54, 1.807) is 26.8 Å². The van der Waals surface area contributed by atoms with E-state index in [4.69, 9.17) is 4.74 Å². The van der Waals surface area contributed by atoms with Gasteiger partial charge >= 0.3 is 6.09 Å². The number of cyclic esters (lactones) is 1. The van der Waals surface area contributed by atoms with Gasteiger partial charge in [-0.3, -0.25) is 4.79 Å². The summed E-state index contributed by atoms with van der Waals surface area (Å²) in [6.45, 7) is 5.38. The molecule has 3 atom stereocenters. The molecular formula is C18H23NO4. The minimum absolute atomic E-state index is 0.185. The zero-order valence-electron chi connectivity index (χ0n) is 13.7. The molecule has 23 heavy (non-hydrogen) atoms. The summed E-state index contributed by atoms with van der Waals surface area (Å²) in [7, 11) is 0. The molecular weight excluding hydrogens is 294 g/mol. The van der Waals surface area contributed by atoms with E-state index in [2.05, 4.69) is 0 Å². The number of hydrogen-bond donors (Lipinski definition) is 1. The van der Waals surface area contributed by atoms with Gasteiger partial charge in [0.25, 0.3) is 0 Å². The van der Waals surface area contributed by atoms with Gasteiger partial charge in [-0.25, -0.2) is 9.69 Å². The van der Waals surface area contributed by atoms with Gasteiger partial charge in [-0.2, -0.15) is 0 Å². The van der Waals surface area contributed by atoms with Crippen molar-refractivity contribution in [1.82, 2.24) is 4.90 Å². The fraction of sp³-hybridized carbons (Fsp3) is 0.444. The zero-order chi connectivity index (χ0) is 17.0. The Kier molecular flexibility index (Phi) is 5.55. The first-order valence-electron chi connectivity index (χ1n) is 7.80. The highest BCUT2D eigenvalue weighted by Crippen LogP contribution is 2.23. The van der Waals surface area contributed by atoms with Crippen molar-refractivity contribution in [3.05, 3.63) is 47.5 Å². The summed E-state index contributed by atoms with van der Waals surface area (Å²) in [5.41, 5.74) is 1.74. The van der Waals surface area contributed by atoms with Gasteiger partial charge in [0.15, 0.2) is 0 Å². The van der Waals surface area contributed by atoms with Crippen molar-refractivity contribution < 1.29 is 19.4 Å². The molecule has 0 radical (unpaired) electrons. The van der Waals surface area contributed by atoms with E-state index in [0.717, 1.165) is 10.5 Å². The number of imide groups is 1. The number of carbonyl (C=O) groups excluding carboxylic acids is 2. The number of rotatable bonds is 5. The van der Waals surface area contributed by atoms with Crippen molar-refractivity contribution >= 4 is 12.0 Å².